The van der Waals surface area contributed by atoms with Crippen molar-refractivity contribution in [1.82, 2.24) is 5.32 Å². The van der Waals surface area contributed by atoms with Crippen molar-refractivity contribution in [3.05, 3.63) is 48.6 Å². The van der Waals surface area contributed by atoms with Crippen molar-refractivity contribution in [3.8, 4) is 0 Å². The zero-order valence-electron chi connectivity index (χ0n) is 14.7. The number of hydrogen-bond donors (Lipinski definition) is 1. The van der Waals surface area contributed by atoms with Gasteiger partial charge in [0.05, 0.1) is 6.04 Å². The van der Waals surface area contributed by atoms with Crippen molar-refractivity contribution in [1.29, 1.82) is 0 Å². The van der Waals surface area contributed by atoms with Gasteiger partial charge in [-0.15, -0.1) is 0 Å². The number of amides is 1. The van der Waals surface area contributed by atoms with Crippen LogP contribution in [0.1, 0.15) is 32.3 Å². The maximum atomic E-state index is 12.3. The van der Waals surface area contributed by atoms with E-state index in [0.29, 0.717) is 6.42 Å². The number of ether oxygens (including phenoxy) is 2. The zero-order valence-corrected chi connectivity index (χ0v) is 14.7. The number of rotatable bonds is 10. The molecule has 6 heteroatoms. The Balaban J connectivity index is 2.55. The molecule has 0 bridgehead atoms. The molecule has 0 aliphatic heterocycles. The number of alkyl carbamates (subject to hydrolysis) is 1. The van der Waals surface area contributed by atoms with Crippen LogP contribution in [-0.2, 0) is 25.7 Å². The average molecular weight is 347 g/mol. The quantitative estimate of drug-likeness (QED) is 0.400. The first kappa shape index (κ1) is 20.4. The van der Waals surface area contributed by atoms with Gasteiger partial charge in [-0.25, -0.2) is 4.79 Å². The number of nitrogens with one attached hydrogen (secondary N) is 1. The van der Waals surface area contributed by atoms with E-state index in [0.717, 1.165) is 5.56 Å². The summed E-state index contributed by atoms with van der Waals surface area (Å²) in [5.41, 5.74) is 0.845. The van der Waals surface area contributed by atoms with Crippen LogP contribution in [0.15, 0.2) is 43.0 Å². The second-order valence-corrected chi connectivity index (χ2v) is 6.00. The van der Waals surface area contributed by atoms with Gasteiger partial charge in [0, 0.05) is 0 Å². The molecule has 1 amide bonds. The monoisotopic (exact) mass is 347 g/mol. The molecule has 1 atom stereocenters. The molecule has 0 aliphatic carbocycles. The lowest BCUT2D eigenvalue weighted by molar-refractivity contribution is -0.145. The van der Waals surface area contributed by atoms with Gasteiger partial charge in [-0.3, -0.25) is 9.59 Å². The first-order chi connectivity index (χ1) is 11.9. The molecule has 0 unspecified atom stereocenters. The third-order valence-electron chi connectivity index (χ3n) is 3.28. The fourth-order valence-electron chi connectivity index (χ4n) is 2.12. The third-order valence-corrected chi connectivity index (χ3v) is 3.28. The molecule has 6 nitrogen and oxygen atoms in total. The second kappa shape index (κ2) is 11.0. The summed E-state index contributed by atoms with van der Waals surface area (Å²) in [7, 11) is 0. The van der Waals surface area contributed by atoms with E-state index in [4.69, 9.17) is 9.47 Å². The van der Waals surface area contributed by atoms with Crippen molar-refractivity contribution in [2.45, 2.75) is 39.3 Å². The number of Topliss-reactive ketones (excluding diaryl/α,β-unsaturated/α-hetero) is 1. The Kier molecular flexibility index (Phi) is 9.00. The second-order valence-electron chi connectivity index (χ2n) is 6.00. The topological polar surface area (TPSA) is 81.7 Å². The van der Waals surface area contributed by atoms with Crippen molar-refractivity contribution >= 4 is 17.8 Å². The molecule has 136 valence electrons. The first-order valence-electron chi connectivity index (χ1n) is 8.18. The van der Waals surface area contributed by atoms with Crippen molar-refractivity contribution in [2.75, 3.05) is 6.61 Å². The summed E-state index contributed by atoms with van der Waals surface area (Å²) in [5.74, 6) is -0.884. The van der Waals surface area contributed by atoms with Gasteiger partial charge in [0.1, 0.15) is 19.6 Å². The van der Waals surface area contributed by atoms with Gasteiger partial charge in [-0.05, 0) is 17.9 Å². The van der Waals surface area contributed by atoms with Crippen LogP contribution in [0.4, 0.5) is 4.79 Å². The minimum atomic E-state index is -0.792. The lowest BCUT2D eigenvalue weighted by atomic mass is 9.99. The molecule has 0 saturated heterocycles. The Labute approximate surface area is 148 Å². The summed E-state index contributed by atoms with van der Waals surface area (Å²) >= 11 is 0. The highest BCUT2D eigenvalue weighted by Gasteiger charge is 2.25. The molecule has 1 rings (SSSR count). The maximum absolute atomic E-state index is 12.3. The minimum absolute atomic E-state index is 0.0491. The Hall–Kier alpha value is -2.63. The van der Waals surface area contributed by atoms with Crippen LogP contribution in [0.3, 0.4) is 0 Å². The highest BCUT2D eigenvalue weighted by Crippen LogP contribution is 2.09. The number of hydrogen-bond acceptors (Lipinski definition) is 5. The molecule has 1 N–H and O–H groups in total. The number of esters is 1. The van der Waals surface area contributed by atoms with Gasteiger partial charge < -0.3 is 14.8 Å². The van der Waals surface area contributed by atoms with E-state index in [-0.39, 0.29) is 19.1 Å². The standard InChI is InChI=1S/C19H25NO5/c1-4-10-24-18(22)12-17(21)16(11-14(2)3)20-19(23)25-13-15-8-6-5-7-9-15/h4-9,14,16H,1,10-13H2,2-3H3,(H,20,23)/t16-/m0/s1. The molecule has 0 heterocycles. The van der Waals surface area contributed by atoms with Crippen LogP contribution in [-0.4, -0.2) is 30.5 Å². The van der Waals surface area contributed by atoms with Gasteiger partial charge >= 0.3 is 12.1 Å². The fourth-order valence-corrected chi connectivity index (χ4v) is 2.12. The number of carbonyl (C=O) groups is 3. The van der Waals surface area contributed by atoms with E-state index in [1.54, 1.807) is 0 Å². The zero-order chi connectivity index (χ0) is 18.7. The Morgan fingerprint density at radius 2 is 1.84 bits per heavy atom. The molecule has 0 saturated carbocycles. The molecular weight excluding hydrogens is 322 g/mol. The van der Waals surface area contributed by atoms with E-state index >= 15 is 0 Å². The van der Waals surface area contributed by atoms with Gasteiger partial charge in [0.15, 0.2) is 5.78 Å². The summed E-state index contributed by atoms with van der Waals surface area (Å²) in [5, 5.41) is 2.54. The van der Waals surface area contributed by atoms with E-state index in [1.807, 2.05) is 44.2 Å². The number of carbonyl (C=O) groups excluding carboxylic acids is 3. The Bertz CT molecular complexity index is 583. The number of benzene rings is 1. The highest BCUT2D eigenvalue weighted by molar-refractivity contribution is 5.99. The predicted octanol–water partition coefficient (Wildman–Crippen LogP) is 3.02. The fraction of sp³-hybridized carbons (Fsp3) is 0.421. The smallest absolute Gasteiger partial charge is 0.408 e. The van der Waals surface area contributed by atoms with E-state index < -0.39 is 30.3 Å². The van der Waals surface area contributed by atoms with Crippen molar-refractivity contribution < 1.29 is 23.9 Å². The van der Waals surface area contributed by atoms with Crippen molar-refractivity contribution in [3.63, 3.8) is 0 Å². The molecule has 0 fully saturated rings. The first-order valence-corrected chi connectivity index (χ1v) is 8.18. The molecule has 1 aromatic carbocycles. The van der Waals surface area contributed by atoms with Gasteiger partial charge in [0.2, 0.25) is 0 Å². The highest BCUT2D eigenvalue weighted by atomic mass is 16.5. The van der Waals surface area contributed by atoms with E-state index in [9.17, 15) is 14.4 Å². The van der Waals surface area contributed by atoms with E-state index in [1.165, 1.54) is 6.08 Å². The molecule has 0 radical (unpaired) electrons. The summed E-state index contributed by atoms with van der Waals surface area (Å²) in [6.07, 6.45) is 0.744. The summed E-state index contributed by atoms with van der Waals surface area (Å²) in [6, 6.07) is 8.43. The third kappa shape index (κ3) is 8.69. The predicted molar refractivity (Wildman–Crippen MR) is 93.8 cm³/mol. The summed E-state index contributed by atoms with van der Waals surface area (Å²) in [4.78, 5) is 35.8. The normalized spacial score (nSPS) is 11.5. The van der Waals surface area contributed by atoms with Crippen LogP contribution in [0.5, 0.6) is 0 Å². The summed E-state index contributed by atoms with van der Waals surface area (Å²) in [6.45, 7) is 7.44. The lowest BCUT2D eigenvalue weighted by Crippen LogP contribution is -2.42. The molecule has 0 aliphatic rings. The Morgan fingerprint density at radius 1 is 1.16 bits per heavy atom. The number of ketones is 1. The molecule has 25 heavy (non-hydrogen) atoms. The van der Waals surface area contributed by atoms with E-state index in [2.05, 4.69) is 11.9 Å². The van der Waals surface area contributed by atoms with Gasteiger partial charge in [0.25, 0.3) is 0 Å². The largest absolute Gasteiger partial charge is 0.461 e. The van der Waals surface area contributed by atoms with Crippen LogP contribution >= 0.6 is 0 Å². The maximum Gasteiger partial charge on any atom is 0.408 e. The van der Waals surface area contributed by atoms with Crippen LogP contribution in [0.2, 0.25) is 0 Å². The Morgan fingerprint density at radius 3 is 2.44 bits per heavy atom. The minimum Gasteiger partial charge on any atom is -0.461 e. The molecule has 0 aromatic heterocycles. The van der Waals surface area contributed by atoms with Gasteiger partial charge in [-0.2, -0.15) is 0 Å². The van der Waals surface area contributed by atoms with Crippen LogP contribution in [0, 0.1) is 5.92 Å². The van der Waals surface area contributed by atoms with Crippen LogP contribution in [0.25, 0.3) is 0 Å². The average Bonchev–Trinajstić information content (AvgIpc) is 2.58. The molecular formula is C19H25NO5. The molecule has 1 aromatic rings. The van der Waals surface area contributed by atoms with Crippen molar-refractivity contribution in [2.24, 2.45) is 5.92 Å². The van der Waals surface area contributed by atoms with Gasteiger partial charge in [-0.1, -0.05) is 56.8 Å². The lowest BCUT2D eigenvalue weighted by Gasteiger charge is -2.19. The van der Waals surface area contributed by atoms with Crippen LogP contribution < -0.4 is 5.32 Å². The SMILES string of the molecule is C=CCOC(=O)CC(=O)[C@H](CC(C)C)NC(=O)OCc1ccccc1. The molecule has 0 spiro atoms. The summed E-state index contributed by atoms with van der Waals surface area (Å²) < 4.78 is 9.93.